The van der Waals surface area contributed by atoms with Gasteiger partial charge >= 0.3 is 0 Å². The van der Waals surface area contributed by atoms with E-state index in [0.717, 1.165) is 42.7 Å². The van der Waals surface area contributed by atoms with Gasteiger partial charge in [0.2, 0.25) is 23.4 Å². The maximum absolute atomic E-state index is 9.70. The lowest BCUT2D eigenvalue weighted by Crippen LogP contribution is -2.38. The van der Waals surface area contributed by atoms with Gasteiger partial charge in [-0.3, -0.25) is 4.90 Å². The van der Waals surface area contributed by atoms with Gasteiger partial charge in [0.15, 0.2) is 0 Å². The summed E-state index contributed by atoms with van der Waals surface area (Å²) >= 11 is 1.48. The minimum absolute atomic E-state index is 0.00843. The van der Waals surface area contributed by atoms with Gasteiger partial charge in [-0.2, -0.15) is 15.2 Å². The summed E-state index contributed by atoms with van der Waals surface area (Å²) in [6, 6.07) is 4.39. The smallest absolute Gasteiger partial charge is 0.240 e. The fourth-order valence-electron chi connectivity index (χ4n) is 5.16. The molecule has 4 heterocycles. The van der Waals surface area contributed by atoms with E-state index in [9.17, 15) is 5.26 Å². The summed E-state index contributed by atoms with van der Waals surface area (Å²) in [4.78, 5) is 17.0. The van der Waals surface area contributed by atoms with Crippen molar-refractivity contribution in [3.05, 3.63) is 34.2 Å². The van der Waals surface area contributed by atoms with E-state index >= 15 is 0 Å². The lowest BCUT2D eigenvalue weighted by molar-refractivity contribution is 0.117. The van der Waals surface area contributed by atoms with Gasteiger partial charge in [-0.05, 0) is 59.5 Å². The van der Waals surface area contributed by atoms with Crippen molar-refractivity contribution in [3.63, 3.8) is 0 Å². The minimum Gasteiger partial charge on any atom is -0.473 e. The van der Waals surface area contributed by atoms with Crippen molar-refractivity contribution in [2.75, 3.05) is 19.3 Å². The molecule has 0 aromatic carbocycles. The molecule has 3 aromatic rings. The normalized spacial score (nSPS) is 23.8. The molecule has 33 heavy (non-hydrogen) atoms. The molecule has 9 nitrogen and oxygen atoms in total. The minimum atomic E-state index is -0.576. The summed E-state index contributed by atoms with van der Waals surface area (Å²) in [6.45, 7) is 5.19. The van der Waals surface area contributed by atoms with Crippen LogP contribution in [0.1, 0.15) is 61.4 Å². The molecule has 3 atom stereocenters. The molecular weight excluding hydrogens is 438 g/mol. The molecule has 5 rings (SSSR count). The zero-order chi connectivity index (χ0) is 23.2. The van der Waals surface area contributed by atoms with Crippen molar-refractivity contribution in [1.29, 1.82) is 5.26 Å². The van der Waals surface area contributed by atoms with Gasteiger partial charge in [0.1, 0.15) is 17.2 Å². The van der Waals surface area contributed by atoms with E-state index in [1.807, 2.05) is 6.92 Å². The van der Waals surface area contributed by atoms with Crippen LogP contribution in [0.15, 0.2) is 16.8 Å². The van der Waals surface area contributed by atoms with Crippen LogP contribution in [0.3, 0.4) is 0 Å². The molecule has 1 aliphatic carbocycles. The third-order valence-corrected chi connectivity index (χ3v) is 7.98. The Labute approximate surface area is 196 Å². The Kier molecular flexibility index (Phi) is 5.54. The number of hydrogen-bond donors (Lipinski definition) is 1. The van der Waals surface area contributed by atoms with Crippen LogP contribution in [0.5, 0.6) is 5.88 Å². The van der Waals surface area contributed by atoms with Crippen molar-refractivity contribution >= 4 is 16.3 Å². The summed E-state index contributed by atoms with van der Waals surface area (Å²) < 4.78 is 11.8. The summed E-state index contributed by atoms with van der Waals surface area (Å²) in [5.41, 5.74) is 6.99. The summed E-state index contributed by atoms with van der Waals surface area (Å²) in [6.07, 6.45) is 6.60. The van der Waals surface area contributed by atoms with Crippen LogP contribution in [0.4, 0.5) is 5.00 Å². The first-order chi connectivity index (χ1) is 15.9. The van der Waals surface area contributed by atoms with E-state index in [1.54, 1.807) is 12.3 Å². The zero-order valence-electron chi connectivity index (χ0n) is 19.0. The highest BCUT2D eigenvalue weighted by Crippen LogP contribution is 2.48. The first-order valence-electron chi connectivity index (χ1n) is 11.3. The van der Waals surface area contributed by atoms with Crippen LogP contribution >= 0.6 is 11.3 Å². The quantitative estimate of drug-likeness (QED) is 0.601. The number of anilines is 1. The molecule has 1 saturated heterocycles. The highest BCUT2D eigenvalue weighted by Gasteiger charge is 2.43. The van der Waals surface area contributed by atoms with Gasteiger partial charge in [-0.1, -0.05) is 5.16 Å². The Morgan fingerprint density at radius 2 is 2.21 bits per heavy atom. The fraction of sp³-hybridized carbons (Fsp3) is 0.522. The first kappa shape index (κ1) is 21.8. The van der Waals surface area contributed by atoms with Gasteiger partial charge < -0.3 is 15.0 Å². The highest BCUT2D eigenvalue weighted by molar-refractivity contribution is 7.16. The van der Waals surface area contributed by atoms with Gasteiger partial charge in [-0.25, -0.2) is 4.98 Å². The van der Waals surface area contributed by atoms with Gasteiger partial charge in [-0.15, -0.1) is 11.3 Å². The Balaban J connectivity index is 1.42. The van der Waals surface area contributed by atoms with Crippen LogP contribution in [-0.2, 0) is 11.8 Å². The lowest BCUT2D eigenvalue weighted by atomic mass is 9.72. The predicted molar refractivity (Wildman–Crippen MR) is 124 cm³/mol. The van der Waals surface area contributed by atoms with Crippen LogP contribution in [0.25, 0.3) is 11.6 Å². The zero-order valence-corrected chi connectivity index (χ0v) is 19.9. The number of nitrogens with zero attached hydrogens (tertiary/aromatic N) is 6. The van der Waals surface area contributed by atoms with E-state index < -0.39 is 5.41 Å². The molecule has 0 unspecified atom stereocenters. The number of aryl methyl sites for hydroxylation is 1. The van der Waals surface area contributed by atoms with Crippen molar-refractivity contribution in [2.24, 2.45) is 0 Å². The monoisotopic (exact) mass is 465 g/mol. The molecule has 10 heteroatoms. The molecule has 172 valence electrons. The summed E-state index contributed by atoms with van der Waals surface area (Å²) in [5, 5.41) is 14.4. The van der Waals surface area contributed by atoms with Crippen molar-refractivity contribution in [2.45, 2.75) is 63.5 Å². The maximum Gasteiger partial charge on any atom is 0.240 e. The van der Waals surface area contributed by atoms with Crippen molar-refractivity contribution in [3.8, 4) is 23.6 Å². The molecule has 2 aliphatic rings. The number of fused-ring (bicyclic) bond motifs is 1. The summed E-state index contributed by atoms with van der Waals surface area (Å²) in [5.74, 6) is 1.59. The Bertz CT molecular complexity index is 1220. The van der Waals surface area contributed by atoms with E-state index in [2.05, 4.69) is 45.0 Å². The number of nitrogens with two attached hydrogens (primary N) is 1. The number of likely N-dealkylation sites (N-methyl/N-ethyl adjacent to an activating group) is 1. The number of ether oxygens (including phenoxy) is 1. The molecule has 0 amide bonds. The third kappa shape index (κ3) is 3.75. The Morgan fingerprint density at radius 3 is 2.97 bits per heavy atom. The Morgan fingerprint density at radius 1 is 1.36 bits per heavy atom. The predicted octanol–water partition coefficient (Wildman–Crippen LogP) is 3.55. The number of nitrogen functional groups attached to an aromatic ring is 1. The first-order valence-corrected chi connectivity index (χ1v) is 12.1. The topological polar surface area (TPSA) is 127 Å². The summed E-state index contributed by atoms with van der Waals surface area (Å²) in [7, 11) is 2.12. The van der Waals surface area contributed by atoms with Gasteiger partial charge in [0.25, 0.3) is 0 Å². The largest absolute Gasteiger partial charge is 0.473 e. The molecule has 0 bridgehead atoms. The second kappa shape index (κ2) is 8.39. The fourth-order valence-corrected chi connectivity index (χ4v) is 6.35. The molecule has 0 saturated carbocycles. The lowest BCUT2D eigenvalue weighted by Gasteiger charge is -2.30. The standard InChI is InChI=1S/C23H27N7O2S/c1-13(15-6-5-11-30(15)3)31-17-8-10-26-20(27-17)21-28-22(32-29-21)23(2)9-4-7-16-18(23)14(12-24)19(25)33-16/h8,10,13,15H,4-7,9,11,25H2,1-3H3/t13-,15-,23-/m0/s1. The maximum atomic E-state index is 9.70. The molecule has 2 N–H and O–H groups in total. The van der Waals surface area contributed by atoms with Crippen LogP contribution < -0.4 is 10.5 Å². The Hall–Kier alpha value is -3.03. The van der Waals surface area contributed by atoms with Crippen LogP contribution in [-0.4, -0.2) is 50.7 Å². The number of likely N-dealkylation sites (tertiary alicyclic amines) is 1. The molecular formula is C23H27N7O2S. The van der Waals surface area contributed by atoms with E-state index in [-0.39, 0.29) is 6.10 Å². The number of nitriles is 1. The van der Waals surface area contributed by atoms with E-state index in [1.165, 1.54) is 17.8 Å². The van der Waals surface area contributed by atoms with E-state index in [4.69, 9.17) is 15.0 Å². The van der Waals surface area contributed by atoms with Crippen LogP contribution in [0.2, 0.25) is 0 Å². The number of aromatic nitrogens is 4. The third-order valence-electron chi connectivity index (χ3n) is 6.91. The number of thiophene rings is 1. The molecule has 1 aliphatic heterocycles. The highest BCUT2D eigenvalue weighted by atomic mass is 32.1. The van der Waals surface area contributed by atoms with Crippen molar-refractivity contribution in [1.82, 2.24) is 25.0 Å². The average Bonchev–Trinajstić information content (AvgIpc) is 3.52. The van der Waals surface area contributed by atoms with Crippen LogP contribution in [0, 0.1) is 11.3 Å². The van der Waals surface area contributed by atoms with Gasteiger partial charge in [0, 0.05) is 28.7 Å². The SMILES string of the molecule is C[C@H](Oc1ccnc(-c2noc([C@@]3(C)CCCc4sc(N)c(C#N)c43)n2)n1)[C@@H]1CCCN1C. The molecule has 3 aromatic heterocycles. The second-order valence-corrected chi connectivity index (χ2v) is 10.2. The second-order valence-electron chi connectivity index (χ2n) is 9.09. The molecule has 0 radical (unpaired) electrons. The van der Waals surface area contributed by atoms with Crippen molar-refractivity contribution < 1.29 is 9.26 Å². The number of rotatable bonds is 5. The molecule has 1 fully saturated rings. The van der Waals surface area contributed by atoms with E-state index in [0.29, 0.717) is 40.0 Å². The average molecular weight is 466 g/mol. The van der Waals surface area contributed by atoms with Gasteiger partial charge in [0.05, 0.1) is 11.0 Å². The molecule has 0 spiro atoms. The number of hydrogen-bond acceptors (Lipinski definition) is 10.